The van der Waals surface area contributed by atoms with Crippen molar-refractivity contribution in [3.8, 4) is 22.7 Å². The Balaban J connectivity index is 1.95. The van der Waals surface area contributed by atoms with Gasteiger partial charge in [-0.05, 0) is 48.7 Å². The van der Waals surface area contributed by atoms with Gasteiger partial charge in [0, 0.05) is 16.0 Å². The summed E-state index contributed by atoms with van der Waals surface area (Å²) in [5, 5.41) is 17.9. The van der Waals surface area contributed by atoms with Crippen molar-refractivity contribution in [3.05, 3.63) is 77.4 Å². The molecule has 1 N–H and O–H groups in total. The van der Waals surface area contributed by atoms with Crippen LogP contribution in [0.25, 0.3) is 27.7 Å². The van der Waals surface area contributed by atoms with Crippen LogP contribution in [0.5, 0.6) is 5.75 Å². The third-order valence-electron chi connectivity index (χ3n) is 4.08. The Hall–Kier alpha value is -2.78. The molecular weight excluding hydrogens is 320 g/mol. The highest BCUT2D eigenvalue weighted by molar-refractivity contribution is 6.30. The fourth-order valence-electron chi connectivity index (χ4n) is 2.93. The van der Waals surface area contributed by atoms with Gasteiger partial charge in [-0.3, -0.25) is 0 Å². The lowest BCUT2D eigenvalue weighted by Gasteiger charge is -2.11. The number of nitrogens with zero attached hydrogens (tertiary/aromatic N) is 2. The van der Waals surface area contributed by atoms with E-state index in [1.807, 2.05) is 78.3 Å². The molecule has 0 aliphatic carbocycles. The van der Waals surface area contributed by atoms with E-state index >= 15 is 0 Å². The summed E-state index contributed by atoms with van der Waals surface area (Å²) in [5.41, 5.74) is 3.38. The van der Waals surface area contributed by atoms with E-state index in [0.717, 1.165) is 33.4 Å². The van der Waals surface area contributed by atoms with Gasteiger partial charge in [0.1, 0.15) is 5.75 Å². The molecular formula is C20H15ClN2O. The van der Waals surface area contributed by atoms with Gasteiger partial charge >= 0.3 is 0 Å². The van der Waals surface area contributed by atoms with E-state index in [0.29, 0.717) is 5.02 Å². The third-order valence-corrected chi connectivity index (χ3v) is 4.33. The number of aromatic nitrogens is 2. The lowest BCUT2D eigenvalue weighted by Crippen LogP contribution is -1.99. The molecule has 1 heterocycles. The molecule has 1 aromatic heterocycles. The van der Waals surface area contributed by atoms with Crippen molar-refractivity contribution in [2.24, 2.45) is 0 Å². The first-order valence-corrected chi connectivity index (χ1v) is 8.05. The van der Waals surface area contributed by atoms with Crippen LogP contribution < -0.4 is 0 Å². The van der Waals surface area contributed by atoms with E-state index < -0.39 is 0 Å². The molecule has 0 radical (unpaired) electrons. The number of hydrogen-bond donors (Lipinski definition) is 1. The Morgan fingerprint density at radius 1 is 0.958 bits per heavy atom. The highest BCUT2D eigenvalue weighted by Gasteiger charge is 2.15. The number of aryl methyl sites for hydroxylation is 1. The summed E-state index contributed by atoms with van der Waals surface area (Å²) in [6.07, 6.45) is 0. The summed E-state index contributed by atoms with van der Waals surface area (Å²) in [4.78, 5) is 0. The van der Waals surface area contributed by atoms with Crippen molar-refractivity contribution in [3.63, 3.8) is 0 Å². The van der Waals surface area contributed by atoms with E-state index in [9.17, 15) is 5.11 Å². The molecule has 0 spiro atoms. The van der Waals surface area contributed by atoms with Crippen molar-refractivity contribution >= 4 is 22.4 Å². The van der Waals surface area contributed by atoms with Crippen LogP contribution in [0.2, 0.25) is 5.02 Å². The number of rotatable bonds is 2. The molecule has 118 valence electrons. The Morgan fingerprint density at radius 2 is 1.71 bits per heavy atom. The topological polar surface area (TPSA) is 38.0 Å². The number of benzene rings is 3. The Bertz CT molecular complexity index is 1040. The second-order valence-electron chi connectivity index (χ2n) is 5.74. The molecule has 0 atom stereocenters. The Morgan fingerprint density at radius 3 is 2.50 bits per heavy atom. The second-order valence-corrected chi connectivity index (χ2v) is 6.18. The largest absolute Gasteiger partial charge is 0.507 e. The first-order valence-electron chi connectivity index (χ1n) is 7.67. The monoisotopic (exact) mass is 334 g/mol. The third kappa shape index (κ3) is 2.43. The minimum Gasteiger partial charge on any atom is -0.507 e. The van der Waals surface area contributed by atoms with Gasteiger partial charge in [0.15, 0.2) is 0 Å². The standard InChI is InChI=1S/C20H15ClN2O/c1-13-12-19(23(22-13)16-9-7-15(21)8-10-16)18-11-6-14-4-2-3-5-17(14)20(18)24/h2-12,24H,1H3. The summed E-state index contributed by atoms with van der Waals surface area (Å²) in [6.45, 7) is 1.94. The predicted molar refractivity (Wildman–Crippen MR) is 97.9 cm³/mol. The van der Waals surface area contributed by atoms with E-state index in [1.165, 1.54) is 0 Å². The number of phenolic OH excluding ortho intramolecular Hbond substituents is 1. The molecule has 0 amide bonds. The zero-order valence-electron chi connectivity index (χ0n) is 13.1. The maximum atomic E-state index is 10.8. The lowest BCUT2D eigenvalue weighted by molar-refractivity contribution is 0.483. The summed E-state index contributed by atoms with van der Waals surface area (Å²) in [7, 11) is 0. The second kappa shape index (κ2) is 5.69. The smallest absolute Gasteiger partial charge is 0.132 e. The van der Waals surface area contributed by atoms with Crippen LogP contribution >= 0.6 is 11.6 Å². The number of hydrogen-bond acceptors (Lipinski definition) is 2. The zero-order chi connectivity index (χ0) is 16.7. The van der Waals surface area contributed by atoms with Gasteiger partial charge in [-0.2, -0.15) is 5.10 Å². The van der Waals surface area contributed by atoms with Gasteiger partial charge in [-0.15, -0.1) is 0 Å². The van der Waals surface area contributed by atoms with Crippen molar-refractivity contribution in [1.82, 2.24) is 9.78 Å². The average molecular weight is 335 g/mol. The van der Waals surface area contributed by atoms with E-state index in [2.05, 4.69) is 5.10 Å². The summed E-state index contributed by atoms with van der Waals surface area (Å²) < 4.78 is 1.83. The molecule has 4 rings (SSSR count). The fraction of sp³-hybridized carbons (Fsp3) is 0.0500. The molecule has 24 heavy (non-hydrogen) atoms. The van der Waals surface area contributed by atoms with Gasteiger partial charge in [0.25, 0.3) is 0 Å². The highest BCUT2D eigenvalue weighted by atomic mass is 35.5. The summed E-state index contributed by atoms with van der Waals surface area (Å²) in [5.74, 6) is 0.267. The maximum absolute atomic E-state index is 10.8. The maximum Gasteiger partial charge on any atom is 0.132 e. The van der Waals surface area contributed by atoms with Crippen LogP contribution in [0, 0.1) is 6.92 Å². The van der Waals surface area contributed by atoms with Crippen molar-refractivity contribution < 1.29 is 5.11 Å². The van der Waals surface area contributed by atoms with Crippen molar-refractivity contribution in [2.75, 3.05) is 0 Å². The van der Waals surface area contributed by atoms with Crippen LogP contribution in [-0.4, -0.2) is 14.9 Å². The average Bonchev–Trinajstić information content (AvgIpc) is 2.98. The molecule has 0 aliphatic heterocycles. The van der Waals surface area contributed by atoms with Gasteiger partial charge in [0.05, 0.1) is 17.1 Å². The SMILES string of the molecule is Cc1cc(-c2ccc3ccccc3c2O)n(-c2ccc(Cl)cc2)n1. The highest BCUT2D eigenvalue weighted by Crippen LogP contribution is 2.37. The zero-order valence-corrected chi connectivity index (χ0v) is 13.8. The van der Waals surface area contributed by atoms with E-state index in [1.54, 1.807) is 0 Å². The van der Waals surface area contributed by atoms with Crippen LogP contribution in [0.15, 0.2) is 66.7 Å². The molecule has 0 saturated heterocycles. The van der Waals surface area contributed by atoms with Crippen LogP contribution in [0.3, 0.4) is 0 Å². The van der Waals surface area contributed by atoms with Crippen LogP contribution in [0.4, 0.5) is 0 Å². The lowest BCUT2D eigenvalue weighted by atomic mass is 10.0. The van der Waals surface area contributed by atoms with Crippen molar-refractivity contribution in [2.45, 2.75) is 6.92 Å². The molecule has 3 aromatic carbocycles. The minimum absolute atomic E-state index is 0.267. The van der Waals surface area contributed by atoms with Gasteiger partial charge in [-0.1, -0.05) is 41.9 Å². The first-order chi connectivity index (χ1) is 11.6. The van der Waals surface area contributed by atoms with Gasteiger partial charge in [0.2, 0.25) is 0 Å². The number of fused-ring (bicyclic) bond motifs is 1. The molecule has 0 bridgehead atoms. The van der Waals surface area contributed by atoms with E-state index in [-0.39, 0.29) is 5.75 Å². The van der Waals surface area contributed by atoms with Gasteiger partial charge in [-0.25, -0.2) is 4.68 Å². The van der Waals surface area contributed by atoms with Crippen LogP contribution in [0.1, 0.15) is 5.69 Å². The molecule has 4 aromatic rings. The number of phenols is 1. The quantitative estimate of drug-likeness (QED) is 0.536. The van der Waals surface area contributed by atoms with Crippen molar-refractivity contribution in [1.29, 1.82) is 0 Å². The van der Waals surface area contributed by atoms with Gasteiger partial charge < -0.3 is 5.11 Å². The number of halogens is 1. The summed E-state index contributed by atoms with van der Waals surface area (Å²) in [6, 6.07) is 21.2. The molecule has 0 fully saturated rings. The van der Waals surface area contributed by atoms with Crippen LogP contribution in [-0.2, 0) is 0 Å². The Labute approximate surface area is 144 Å². The predicted octanol–water partition coefficient (Wildman–Crippen LogP) is 5.36. The minimum atomic E-state index is 0.267. The Kier molecular flexibility index (Phi) is 3.51. The molecule has 4 heteroatoms. The first kappa shape index (κ1) is 14.8. The summed E-state index contributed by atoms with van der Waals surface area (Å²) >= 11 is 5.98. The number of aromatic hydroxyl groups is 1. The van der Waals surface area contributed by atoms with E-state index in [4.69, 9.17) is 11.6 Å². The molecule has 3 nitrogen and oxygen atoms in total. The molecule has 0 aliphatic rings. The molecule has 0 unspecified atom stereocenters. The normalized spacial score (nSPS) is 11.1. The fourth-order valence-corrected chi connectivity index (χ4v) is 3.06. The molecule has 0 saturated carbocycles.